The molecule has 2 aliphatic rings. The SMILES string of the molecule is CC1(C)c2ccccc2-c2cc3cc4c(cc3cc21)c1ccccc1n4-c1ccc2c(c1)N=CC2. The second kappa shape index (κ2) is 6.49. The summed E-state index contributed by atoms with van der Waals surface area (Å²) in [6, 6.07) is 34.0. The molecule has 1 aliphatic heterocycles. The lowest BCUT2D eigenvalue weighted by Crippen LogP contribution is -2.14. The normalized spacial score (nSPS) is 15.1. The molecule has 2 heteroatoms. The van der Waals surface area contributed by atoms with E-state index in [2.05, 4.69) is 114 Å². The average molecular weight is 449 g/mol. The van der Waals surface area contributed by atoms with Crippen LogP contribution in [-0.4, -0.2) is 10.8 Å². The van der Waals surface area contributed by atoms with Crippen molar-refractivity contribution in [3.05, 3.63) is 108 Å². The number of rotatable bonds is 1. The first-order valence-corrected chi connectivity index (χ1v) is 12.4. The third-order valence-electron chi connectivity index (χ3n) is 8.20. The molecule has 5 aromatic carbocycles. The van der Waals surface area contributed by atoms with Crippen LogP contribution in [0.1, 0.15) is 30.5 Å². The summed E-state index contributed by atoms with van der Waals surface area (Å²) < 4.78 is 2.41. The van der Waals surface area contributed by atoms with E-state index in [1.165, 1.54) is 66.1 Å². The smallest absolute Gasteiger partial charge is 0.0682 e. The maximum atomic E-state index is 4.62. The van der Waals surface area contributed by atoms with Gasteiger partial charge in [-0.3, -0.25) is 4.99 Å². The van der Waals surface area contributed by atoms with E-state index in [-0.39, 0.29) is 5.41 Å². The molecular formula is C33H24N2. The number of hydrogen-bond acceptors (Lipinski definition) is 1. The number of hydrogen-bond donors (Lipinski definition) is 0. The Balaban J connectivity index is 1.47. The summed E-state index contributed by atoms with van der Waals surface area (Å²) in [5.41, 5.74) is 11.6. The molecule has 0 fully saturated rings. The van der Waals surface area contributed by atoms with E-state index in [9.17, 15) is 0 Å². The van der Waals surface area contributed by atoms with Crippen LogP contribution in [0.4, 0.5) is 5.69 Å². The van der Waals surface area contributed by atoms with Crippen LogP contribution in [0.2, 0.25) is 0 Å². The van der Waals surface area contributed by atoms with Crippen molar-refractivity contribution in [2.75, 3.05) is 0 Å². The lowest BCUT2D eigenvalue weighted by atomic mass is 9.82. The van der Waals surface area contributed by atoms with Crippen molar-refractivity contribution in [2.24, 2.45) is 4.99 Å². The van der Waals surface area contributed by atoms with Crippen molar-refractivity contribution in [1.82, 2.24) is 4.57 Å². The van der Waals surface area contributed by atoms with Crippen LogP contribution < -0.4 is 0 Å². The zero-order chi connectivity index (χ0) is 23.3. The Kier molecular flexibility index (Phi) is 3.55. The minimum atomic E-state index is 0.00794. The summed E-state index contributed by atoms with van der Waals surface area (Å²) in [5, 5.41) is 5.17. The topological polar surface area (TPSA) is 17.3 Å². The Morgan fingerprint density at radius 1 is 0.686 bits per heavy atom. The summed E-state index contributed by atoms with van der Waals surface area (Å²) in [4.78, 5) is 4.62. The Morgan fingerprint density at radius 3 is 2.46 bits per heavy atom. The van der Waals surface area contributed by atoms with Crippen molar-refractivity contribution in [2.45, 2.75) is 25.7 Å². The second-order valence-electron chi connectivity index (χ2n) is 10.5. The van der Waals surface area contributed by atoms with Gasteiger partial charge in [0.2, 0.25) is 0 Å². The molecule has 2 nitrogen and oxygen atoms in total. The van der Waals surface area contributed by atoms with E-state index in [0.29, 0.717) is 0 Å². The predicted molar refractivity (Wildman–Crippen MR) is 148 cm³/mol. The van der Waals surface area contributed by atoms with Crippen molar-refractivity contribution in [1.29, 1.82) is 0 Å². The van der Waals surface area contributed by atoms with Gasteiger partial charge in [-0.25, -0.2) is 0 Å². The molecule has 0 spiro atoms. The zero-order valence-electron chi connectivity index (χ0n) is 19.8. The summed E-state index contributed by atoms with van der Waals surface area (Å²) in [6.07, 6.45) is 2.93. The first kappa shape index (κ1) is 19.2. The van der Waals surface area contributed by atoms with Gasteiger partial charge in [0.05, 0.1) is 16.7 Å². The first-order valence-electron chi connectivity index (χ1n) is 12.4. The van der Waals surface area contributed by atoms with Gasteiger partial charge >= 0.3 is 0 Å². The third-order valence-corrected chi connectivity index (χ3v) is 8.20. The molecule has 2 heterocycles. The van der Waals surface area contributed by atoms with Crippen molar-refractivity contribution in [3.63, 3.8) is 0 Å². The van der Waals surface area contributed by atoms with E-state index in [4.69, 9.17) is 0 Å². The lowest BCUT2D eigenvalue weighted by Gasteiger charge is -2.21. The maximum Gasteiger partial charge on any atom is 0.0682 e. The summed E-state index contributed by atoms with van der Waals surface area (Å²) in [6.45, 7) is 4.70. The van der Waals surface area contributed by atoms with Gasteiger partial charge in [0.1, 0.15) is 0 Å². The molecule has 0 bridgehead atoms. The van der Waals surface area contributed by atoms with Crippen LogP contribution in [0.15, 0.2) is 96.0 Å². The maximum absolute atomic E-state index is 4.62. The molecule has 0 saturated carbocycles. The molecule has 35 heavy (non-hydrogen) atoms. The summed E-state index contributed by atoms with van der Waals surface area (Å²) >= 11 is 0. The summed E-state index contributed by atoms with van der Waals surface area (Å²) in [7, 11) is 0. The Hall–Kier alpha value is -4.17. The molecule has 0 saturated heterocycles. The van der Waals surface area contributed by atoms with Crippen molar-refractivity contribution in [3.8, 4) is 16.8 Å². The van der Waals surface area contributed by atoms with Gasteiger partial charge in [-0.15, -0.1) is 0 Å². The summed E-state index contributed by atoms with van der Waals surface area (Å²) in [5.74, 6) is 0. The fourth-order valence-corrected chi connectivity index (χ4v) is 6.42. The molecule has 0 unspecified atom stereocenters. The average Bonchev–Trinajstić information content (AvgIpc) is 3.53. The zero-order valence-corrected chi connectivity index (χ0v) is 19.8. The number of para-hydroxylation sites is 1. The van der Waals surface area contributed by atoms with Gasteiger partial charge in [0.15, 0.2) is 0 Å². The molecule has 0 atom stereocenters. The van der Waals surface area contributed by atoms with Crippen molar-refractivity contribution < 1.29 is 0 Å². The number of benzene rings is 5. The van der Waals surface area contributed by atoms with E-state index >= 15 is 0 Å². The van der Waals surface area contributed by atoms with Gasteiger partial charge in [-0.1, -0.05) is 62.4 Å². The molecule has 0 amide bonds. The van der Waals surface area contributed by atoms with Gasteiger partial charge in [0.25, 0.3) is 0 Å². The van der Waals surface area contributed by atoms with Crippen molar-refractivity contribution >= 4 is 44.5 Å². The van der Waals surface area contributed by atoms with Gasteiger partial charge in [0, 0.05) is 34.5 Å². The fourth-order valence-electron chi connectivity index (χ4n) is 6.42. The molecule has 6 aromatic rings. The molecule has 166 valence electrons. The third kappa shape index (κ3) is 2.46. The minimum Gasteiger partial charge on any atom is -0.309 e. The minimum absolute atomic E-state index is 0.00794. The number of aliphatic imine (C=N–C) groups is 1. The quantitative estimate of drug-likeness (QED) is 0.240. The first-order chi connectivity index (χ1) is 17.1. The van der Waals surface area contributed by atoms with E-state index < -0.39 is 0 Å². The van der Waals surface area contributed by atoms with Crippen LogP contribution in [0.25, 0.3) is 49.4 Å². The Labute approximate surface area is 204 Å². The highest BCUT2D eigenvalue weighted by atomic mass is 15.0. The molecule has 0 N–H and O–H groups in total. The standard InChI is InChI=1S/C33H24N2/c1-33(2)28-9-5-3-7-24(28)26-15-22-18-32-27(16-21(22)17-29(26)33)25-8-4-6-10-31(25)35(32)23-12-11-20-13-14-34-30(20)19-23/h3-12,14-19H,13H2,1-2H3. The highest BCUT2D eigenvalue weighted by molar-refractivity contribution is 6.14. The Morgan fingerprint density at radius 2 is 1.51 bits per heavy atom. The second-order valence-corrected chi connectivity index (χ2v) is 10.5. The highest BCUT2D eigenvalue weighted by Gasteiger charge is 2.35. The van der Waals surface area contributed by atoms with Crippen LogP contribution in [0, 0.1) is 0 Å². The van der Waals surface area contributed by atoms with Crippen LogP contribution in [0.5, 0.6) is 0 Å². The Bertz CT molecular complexity index is 1900. The van der Waals surface area contributed by atoms with Gasteiger partial charge in [-0.05, 0) is 81.1 Å². The lowest BCUT2D eigenvalue weighted by molar-refractivity contribution is 0.661. The van der Waals surface area contributed by atoms with Crippen LogP contribution in [0.3, 0.4) is 0 Å². The van der Waals surface area contributed by atoms with Crippen LogP contribution >= 0.6 is 0 Å². The highest BCUT2D eigenvalue weighted by Crippen LogP contribution is 2.50. The van der Waals surface area contributed by atoms with Crippen LogP contribution in [-0.2, 0) is 11.8 Å². The largest absolute Gasteiger partial charge is 0.309 e. The molecule has 1 aromatic heterocycles. The predicted octanol–water partition coefficient (Wildman–Crippen LogP) is 8.50. The molecule has 0 radical (unpaired) electrons. The fraction of sp³-hybridized carbons (Fsp3) is 0.121. The van der Waals surface area contributed by atoms with Gasteiger partial charge in [-0.2, -0.15) is 0 Å². The number of aromatic nitrogens is 1. The monoisotopic (exact) mass is 448 g/mol. The van der Waals surface area contributed by atoms with E-state index in [1.807, 2.05) is 6.21 Å². The number of fused-ring (bicyclic) bond motifs is 8. The van der Waals surface area contributed by atoms with E-state index in [0.717, 1.165) is 12.1 Å². The number of nitrogens with zero attached hydrogens (tertiary/aromatic N) is 2. The molecular weight excluding hydrogens is 424 g/mol. The van der Waals surface area contributed by atoms with Gasteiger partial charge < -0.3 is 4.57 Å². The molecule has 1 aliphatic carbocycles. The van der Waals surface area contributed by atoms with E-state index in [1.54, 1.807) is 0 Å². The molecule has 8 rings (SSSR count).